The molecule has 6 heteroatoms. The lowest BCUT2D eigenvalue weighted by Crippen LogP contribution is -2.18. The van der Waals surface area contributed by atoms with E-state index in [1.807, 2.05) is 55.5 Å². The Labute approximate surface area is 204 Å². The highest BCUT2D eigenvalue weighted by Crippen LogP contribution is 2.28. The zero-order valence-corrected chi connectivity index (χ0v) is 20.3. The summed E-state index contributed by atoms with van der Waals surface area (Å²) in [4.78, 5) is 21.5. The minimum atomic E-state index is -0.900. The van der Waals surface area contributed by atoms with Gasteiger partial charge in [-0.15, -0.1) is 0 Å². The third-order valence-electron chi connectivity index (χ3n) is 5.43. The minimum absolute atomic E-state index is 0.241. The zero-order chi connectivity index (χ0) is 23.8. The molecule has 0 aliphatic heterocycles. The number of carboxylic acid groups (broad SMARTS) is 1. The monoisotopic (exact) mass is 483 g/mol. The summed E-state index contributed by atoms with van der Waals surface area (Å²) in [7, 11) is 0. The van der Waals surface area contributed by atoms with Crippen molar-refractivity contribution in [2.75, 3.05) is 0 Å². The molecule has 1 aliphatic rings. The van der Waals surface area contributed by atoms with Gasteiger partial charge in [0.25, 0.3) is 0 Å². The summed E-state index contributed by atoms with van der Waals surface area (Å²) in [5.74, 6) is -0.0322. The van der Waals surface area contributed by atoms with E-state index in [2.05, 4.69) is 6.08 Å². The summed E-state index contributed by atoms with van der Waals surface area (Å²) in [6.45, 7) is 3.63. The number of allylic oxidation sites excluding steroid dienone is 6. The van der Waals surface area contributed by atoms with Gasteiger partial charge in [-0.2, -0.15) is 0 Å². The molecule has 0 spiro atoms. The van der Waals surface area contributed by atoms with E-state index < -0.39 is 11.2 Å². The maximum absolute atomic E-state index is 11.8. The highest BCUT2D eigenvalue weighted by molar-refractivity contribution is 7.96. The lowest BCUT2D eigenvalue weighted by molar-refractivity contribution is -0.136. The number of benzene rings is 2. The number of carboxylic acids is 1. The molecule has 0 heterocycles. The van der Waals surface area contributed by atoms with Crippen LogP contribution >= 0.6 is 23.6 Å². The Bertz CT molecular complexity index is 1100. The smallest absolute Gasteiger partial charge is 0.320 e. The van der Waals surface area contributed by atoms with Crippen LogP contribution in [0.15, 0.2) is 71.8 Å². The van der Waals surface area contributed by atoms with E-state index >= 15 is 0 Å². The molecule has 0 bridgehead atoms. The predicted molar refractivity (Wildman–Crippen MR) is 138 cm³/mol. The zero-order valence-electron chi connectivity index (χ0n) is 18.8. The molecule has 2 aromatic carbocycles. The van der Waals surface area contributed by atoms with Gasteiger partial charge in [-0.05, 0) is 65.8 Å². The first-order chi connectivity index (χ1) is 15.9. The van der Waals surface area contributed by atoms with Crippen LogP contribution in [0.1, 0.15) is 48.9 Å². The normalized spacial score (nSPS) is 14.2. The molecule has 33 heavy (non-hydrogen) atoms. The molecule has 0 radical (unpaired) electrons. The molecule has 1 aliphatic carbocycles. The quantitative estimate of drug-likeness (QED) is 0.231. The van der Waals surface area contributed by atoms with Gasteiger partial charge in [-0.25, -0.2) is 0 Å². The van der Waals surface area contributed by atoms with Gasteiger partial charge in [-0.3, -0.25) is 9.59 Å². The predicted octanol–water partition coefficient (Wildman–Crippen LogP) is 6.74. The highest BCUT2D eigenvalue weighted by Gasteiger charge is 2.21. The first-order valence-corrected chi connectivity index (χ1v) is 12.1. The molecule has 1 unspecified atom stereocenters. The van der Waals surface area contributed by atoms with Crippen LogP contribution < -0.4 is 4.18 Å². The Morgan fingerprint density at radius 3 is 2.64 bits per heavy atom. The molecule has 0 fully saturated rings. The molecule has 0 amide bonds. The van der Waals surface area contributed by atoms with Gasteiger partial charge in [0.2, 0.25) is 0 Å². The van der Waals surface area contributed by atoms with Crippen molar-refractivity contribution >= 4 is 41.0 Å². The number of rotatable bonds is 10. The van der Waals surface area contributed by atoms with Crippen LogP contribution in [0, 0.1) is 0 Å². The summed E-state index contributed by atoms with van der Waals surface area (Å²) < 4.78 is 5.81. The van der Waals surface area contributed by atoms with Crippen molar-refractivity contribution in [2.45, 2.75) is 44.8 Å². The fraction of sp³-hybridized carbons (Fsp3) is 0.259. The lowest BCUT2D eigenvalue weighted by Gasteiger charge is -2.14. The van der Waals surface area contributed by atoms with Crippen molar-refractivity contribution < 1.29 is 18.9 Å². The highest BCUT2D eigenvalue weighted by atomic mass is 35.5. The largest absolute Gasteiger partial charge is 0.480 e. The first-order valence-electron chi connectivity index (χ1n) is 10.9. The number of aliphatic carboxylic acids is 1. The van der Waals surface area contributed by atoms with Crippen LogP contribution in [-0.2, 0) is 17.6 Å². The number of carbonyl (C=O) groups excluding carboxylic acids is 1. The van der Waals surface area contributed by atoms with Crippen LogP contribution in [0.4, 0.5) is 0 Å². The van der Waals surface area contributed by atoms with Crippen LogP contribution in [0.2, 0.25) is 0 Å². The number of carbonyl (C=O) groups is 1. The minimum Gasteiger partial charge on any atom is -0.480 e. The molecule has 0 saturated heterocycles. The molecular formula is C27H28ClO4S+. The Hall–Kier alpha value is -2.76. The molecular weight excluding hydrogens is 456 g/mol. The standard InChI is InChI=1S/C27H27ClO4S/c1-3-20-17-23(18(2)29)13-15-25(20)32-33-26(27(30)31)16-9-19-7-10-22(11-8-19)21-5-4-6-24(28)14-12-21/h4-5,7-8,10-15,17,26H,3,6,9,16H2,1-2H3,(H,30,31)/p+1. The van der Waals surface area contributed by atoms with Crippen LogP contribution in [0.25, 0.3) is 5.57 Å². The SMILES string of the molecule is CCc1cc(C(C)=[OH+])ccc1OSC(CCc1ccc(C2=CC=C(Cl)CC=C2)cc1)C(=O)O. The number of ketones is 1. The lowest BCUT2D eigenvalue weighted by atomic mass is 10.0. The Balaban J connectivity index is 1.61. The number of hydrogen-bond acceptors (Lipinski definition) is 3. The molecule has 3 rings (SSSR count). The van der Waals surface area contributed by atoms with Crippen molar-refractivity contribution in [1.82, 2.24) is 0 Å². The number of hydrogen-bond donors (Lipinski definition) is 1. The van der Waals surface area contributed by atoms with E-state index in [-0.39, 0.29) is 5.78 Å². The van der Waals surface area contributed by atoms with E-state index in [4.69, 9.17) is 15.8 Å². The van der Waals surface area contributed by atoms with Gasteiger partial charge < -0.3 is 9.29 Å². The molecule has 0 aromatic heterocycles. The average molecular weight is 484 g/mol. The van der Waals surface area contributed by atoms with Crippen LogP contribution in [0.5, 0.6) is 5.75 Å². The van der Waals surface area contributed by atoms with Crippen molar-refractivity contribution in [2.24, 2.45) is 0 Å². The van der Waals surface area contributed by atoms with Gasteiger partial charge in [0.15, 0.2) is 0 Å². The Morgan fingerprint density at radius 2 is 1.97 bits per heavy atom. The maximum Gasteiger partial charge on any atom is 0.320 e. The molecule has 1 atom stereocenters. The summed E-state index contributed by atoms with van der Waals surface area (Å²) in [5.41, 5.74) is 4.92. The average Bonchev–Trinajstić information content (AvgIpc) is 3.03. The van der Waals surface area contributed by atoms with Gasteiger partial charge in [0, 0.05) is 11.5 Å². The van der Waals surface area contributed by atoms with Crippen molar-refractivity contribution in [3.8, 4) is 5.75 Å². The molecule has 0 saturated carbocycles. The van der Waals surface area contributed by atoms with Gasteiger partial charge in [0.1, 0.15) is 11.0 Å². The van der Waals surface area contributed by atoms with Crippen LogP contribution in [0.3, 0.4) is 0 Å². The number of halogens is 1. The topological polar surface area (TPSA) is 67.9 Å². The van der Waals surface area contributed by atoms with Crippen molar-refractivity contribution in [1.29, 1.82) is 0 Å². The molecule has 172 valence electrons. The third kappa shape index (κ3) is 7.11. The summed E-state index contributed by atoms with van der Waals surface area (Å²) in [5, 5.41) is 9.78. The van der Waals surface area contributed by atoms with Gasteiger partial charge in [-0.1, -0.05) is 61.0 Å². The van der Waals surface area contributed by atoms with Crippen molar-refractivity contribution in [3.05, 3.63) is 94.1 Å². The summed E-state index contributed by atoms with van der Waals surface area (Å²) >= 11 is 7.06. The fourth-order valence-corrected chi connectivity index (χ4v) is 4.27. The fourth-order valence-electron chi connectivity index (χ4n) is 3.44. The van der Waals surface area contributed by atoms with E-state index in [1.165, 1.54) is 0 Å². The molecule has 2 N–H and O–H groups in total. The second-order valence-electron chi connectivity index (χ2n) is 7.85. The van der Waals surface area contributed by atoms with Gasteiger partial charge in [0.05, 0.1) is 24.5 Å². The summed E-state index contributed by atoms with van der Waals surface area (Å²) in [6.07, 6.45) is 10.6. The third-order valence-corrected chi connectivity index (χ3v) is 6.65. The first kappa shape index (κ1) is 24.9. The second kappa shape index (κ2) is 11.9. The van der Waals surface area contributed by atoms with E-state index in [0.717, 1.165) is 51.3 Å². The Kier molecular flexibility index (Phi) is 8.98. The van der Waals surface area contributed by atoms with Crippen molar-refractivity contribution in [3.63, 3.8) is 0 Å². The van der Waals surface area contributed by atoms with E-state index in [9.17, 15) is 14.7 Å². The van der Waals surface area contributed by atoms with E-state index in [1.54, 1.807) is 19.1 Å². The molecule has 2 aromatic rings. The van der Waals surface area contributed by atoms with Crippen LogP contribution in [-0.4, -0.2) is 26.9 Å². The Morgan fingerprint density at radius 1 is 1.21 bits per heavy atom. The molecule has 4 nitrogen and oxygen atoms in total. The maximum atomic E-state index is 11.8. The summed E-state index contributed by atoms with van der Waals surface area (Å²) in [6, 6.07) is 13.6. The van der Waals surface area contributed by atoms with Gasteiger partial charge >= 0.3 is 11.8 Å². The second-order valence-corrected chi connectivity index (χ2v) is 9.26. The van der Waals surface area contributed by atoms with E-state index in [0.29, 0.717) is 25.0 Å². The number of aryl methyl sites for hydroxylation is 2.